The quantitative estimate of drug-likeness (QED) is 0.819. The van der Waals surface area contributed by atoms with Crippen molar-refractivity contribution in [1.29, 1.82) is 0 Å². The first-order valence-corrected chi connectivity index (χ1v) is 6.42. The number of anilines is 3. The monoisotopic (exact) mass is 326 g/mol. The van der Waals surface area contributed by atoms with E-state index in [1.54, 1.807) is 13.2 Å². The molecule has 0 saturated heterocycles. The van der Waals surface area contributed by atoms with Gasteiger partial charge in [0, 0.05) is 28.0 Å². The standard InChI is InChI=1S/C13H12BrClN2O/c1-18-11-6-9(16)5-10(7-11)17-13-3-2-8(14)4-12(13)15/h2-7,17H,16H2,1H3. The van der Waals surface area contributed by atoms with Gasteiger partial charge in [0.25, 0.3) is 0 Å². The molecule has 0 bridgehead atoms. The molecule has 3 nitrogen and oxygen atoms in total. The largest absolute Gasteiger partial charge is 0.497 e. The molecule has 2 aromatic rings. The van der Waals surface area contributed by atoms with E-state index in [1.807, 2.05) is 30.3 Å². The molecule has 3 N–H and O–H groups in total. The van der Waals surface area contributed by atoms with Gasteiger partial charge in [-0.2, -0.15) is 0 Å². The van der Waals surface area contributed by atoms with Crippen molar-refractivity contribution in [2.45, 2.75) is 0 Å². The summed E-state index contributed by atoms with van der Waals surface area (Å²) in [5.74, 6) is 0.700. The van der Waals surface area contributed by atoms with E-state index in [4.69, 9.17) is 22.1 Å². The van der Waals surface area contributed by atoms with Crippen molar-refractivity contribution in [2.75, 3.05) is 18.2 Å². The van der Waals surface area contributed by atoms with Crippen LogP contribution in [0.4, 0.5) is 17.1 Å². The molecule has 0 spiro atoms. The van der Waals surface area contributed by atoms with Crippen LogP contribution in [0.1, 0.15) is 0 Å². The summed E-state index contributed by atoms with van der Waals surface area (Å²) < 4.78 is 6.10. The van der Waals surface area contributed by atoms with Crippen molar-refractivity contribution < 1.29 is 4.74 Å². The Bertz CT molecular complexity index is 575. The molecule has 0 heterocycles. The minimum atomic E-state index is 0.630. The van der Waals surface area contributed by atoms with Gasteiger partial charge in [0.2, 0.25) is 0 Å². The SMILES string of the molecule is COc1cc(N)cc(Nc2ccc(Br)cc2Cl)c1. The fourth-order valence-electron chi connectivity index (χ4n) is 1.56. The van der Waals surface area contributed by atoms with Crippen LogP contribution >= 0.6 is 27.5 Å². The highest BCUT2D eigenvalue weighted by atomic mass is 79.9. The van der Waals surface area contributed by atoms with E-state index in [9.17, 15) is 0 Å². The van der Waals surface area contributed by atoms with Crippen LogP contribution in [0.3, 0.4) is 0 Å². The lowest BCUT2D eigenvalue weighted by atomic mass is 10.2. The van der Waals surface area contributed by atoms with Crippen LogP contribution in [0.15, 0.2) is 40.9 Å². The summed E-state index contributed by atoms with van der Waals surface area (Å²) in [6.07, 6.45) is 0. The first-order chi connectivity index (χ1) is 8.58. The molecule has 0 aliphatic heterocycles. The van der Waals surface area contributed by atoms with E-state index in [-0.39, 0.29) is 0 Å². The molecule has 0 amide bonds. The zero-order valence-corrected chi connectivity index (χ0v) is 12.0. The fraction of sp³-hybridized carbons (Fsp3) is 0.0769. The third kappa shape index (κ3) is 3.09. The third-order valence-corrected chi connectivity index (χ3v) is 3.18. The predicted octanol–water partition coefficient (Wildman–Crippen LogP) is 4.44. The van der Waals surface area contributed by atoms with Gasteiger partial charge in [0.05, 0.1) is 17.8 Å². The molecule has 0 aliphatic carbocycles. The maximum absolute atomic E-state index is 6.14. The minimum Gasteiger partial charge on any atom is -0.497 e. The molecule has 5 heteroatoms. The molecule has 0 unspecified atom stereocenters. The Morgan fingerprint density at radius 3 is 2.67 bits per heavy atom. The second kappa shape index (κ2) is 5.50. The van der Waals surface area contributed by atoms with E-state index in [0.717, 1.165) is 15.8 Å². The number of methoxy groups -OCH3 is 1. The molecule has 0 aliphatic rings. The number of hydrogen-bond acceptors (Lipinski definition) is 3. The Hall–Kier alpha value is -1.39. The summed E-state index contributed by atoms with van der Waals surface area (Å²) in [6.45, 7) is 0. The van der Waals surface area contributed by atoms with Gasteiger partial charge in [0.1, 0.15) is 5.75 Å². The highest BCUT2D eigenvalue weighted by Crippen LogP contribution is 2.30. The van der Waals surface area contributed by atoms with E-state index in [0.29, 0.717) is 16.5 Å². The van der Waals surface area contributed by atoms with Crippen LogP contribution in [0.5, 0.6) is 5.75 Å². The number of nitrogens with two attached hydrogens (primary N) is 1. The lowest BCUT2D eigenvalue weighted by Gasteiger charge is -2.11. The van der Waals surface area contributed by atoms with Crippen molar-refractivity contribution in [1.82, 2.24) is 0 Å². The first-order valence-electron chi connectivity index (χ1n) is 5.25. The van der Waals surface area contributed by atoms with Crippen LogP contribution in [0, 0.1) is 0 Å². The van der Waals surface area contributed by atoms with E-state index < -0.39 is 0 Å². The summed E-state index contributed by atoms with van der Waals surface area (Å²) in [4.78, 5) is 0. The van der Waals surface area contributed by atoms with Crippen LogP contribution in [-0.2, 0) is 0 Å². The van der Waals surface area contributed by atoms with Gasteiger partial charge in [-0.25, -0.2) is 0 Å². The maximum atomic E-state index is 6.14. The maximum Gasteiger partial charge on any atom is 0.122 e. The van der Waals surface area contributed by atoms with Gasteiger partial charge in [-0.1, -0.05) is 27.5 Å². The number of nitrogens with one attached hydrogen (secondary N) is 1. The average Bonchev–Trinajstić information content (AvgIpc) is 2.32. The van der Waals surface area contributed by atoms with Crippen LogP contribution in [0.25, 0.3) is 0 Å². The topological polar surface area (TPSA) is 47.3 Å². The van der Waals surface area contributed by atoms with Gasteiger partial charge < -0.3 is 15.8 Å². The van der Waals surface area contributed by atoms with Gasteiger partial charge >= 0.3 is 0 Å². The van der Waals surface area contributed by atoms with Crippen molar-refractivity contribution in [3.05, 3.63) is 45.9 Å². The molecule has 2 aromatic carbocycles. The van der Waals surface area contributed by atoms with Crippen molar-refractivity contribution >= 4 is 44.6 Å². The average molecular weight is 328 g/mol. The van der Waals surface area contributed by atoms with Crippen molar-refractivity contribution in [3.63, 3.8) is 0 Å². The summed E-state index contributed by atoms with van der Waals surface area (Å²) >= 11 is 9.50. The Morgan fingerprint density at radius 2 is 2.00 bits per heavy atom. The molecular weight excluding hydrogens is 316 g/mol. The molecule has 2 rings (SSSR count). The zero-order chi connectivity index (χ0) is 13.1. The molecule has 0 atom stereocenters. The zero-order valence-electron chi connectivity index (χ0n) is 9.71. The third-order valence-electron chi connectivity index (χ3n) is 2.37. The number of hydrogen-bond donors (Lipinski definition) is 2. The number of halogens is 2. The normalized spacial score (nSPS) is 10.2. The lowest BCUT2D eigenvalue weighted by molar-refractivity contribution is 0.415. The Morgan fingerprint density at radius 1 is 1.22 bits per heavy atom. The summed E-state index contributed by atoms with van der Waals surface area (Å²) in [5.41, 5.74) is 8.06. The molecule has 0 aromatic heterocycles. The molecule has 0 radical (unpaired) electrons. The summed E-state index contributed by atoms with van der Waals surface area (Å²) in [5, 5.41) is 3.83. The number of rotatable bonds is 3. The number of ether oxygens (including phenoxy) is 1. The fourth-order valence-corrected chi connectivity index (χ4v) is 2.28. The summed E-state index contributed by atoms with van der Waals surface area (Å²) in [7, 11) is 1.60. The van der Waals surface area contributed by atoms with E-state index >= 15 is 0 Å². The van der Waals surface area contributed by atoms with Gasteiger partial charge in [-0.05, 0) is 24.3 Å². The Balaban J connectivity index is 2.30. The molecule has 0 fully saturated rings. The second-order valence-corrected chi connectivity index (χ2v) is 5.07. The second-order valence-electron chi connectivity index (χ2n) is 3.74. The molecule has 94 valence electrons. The van der Waals surface area contributed by atoms with Gasteiger partial charge in [0.15, 0.2) is 0 Å². The highest BCUT2D eigenvalue weighted by molar-refractivity contribution is 9.10. The van der Waals surface area contributed by atoms with Crippen LogP contribution in [0.2, 0.25) is 5.02 Å². The Labute approximate surface area is 119 Å². The van der Waals surface area contributed by atoms with E-state index in [2.05, 4.69) is 21.2 Å². The van der Waals surface area contributed by atoms with Gasteiger partial charge in [-0.15, -0.1) is 0 Å². The smallest absolute Gasteiger partial charge is 0.122 e. The van der Waals surface area contributed by atoms with Crippen molar-refractivity contribution in [3.8, 4) is 5.75 Å². The first kappa shape index (κ1) is 13.1. The van der Waals surface area contributed by atoms with E-state index in [1.165, 1.54) is 0 Å². The van der Waals surface area contributed by atoms with Crippen molar-refractivity contribution in [2.24, 2.45) is 0 Å². The molecular formula is C13H12BrClN2O. The minimum absolute atomic E-state index is 0.630. The molecule has 0 saturated carbocycles. The van der Waals surface area contributed by atoms with Gasteiger partial charge in [-0.3, -0.25) is 0 Å². The van der Waals surface area contributed by atoms with Crippen LogP contribution in [-0.4, -0.2) is 7.11 Å². The molecule has 18 heavy (non-hydrogen) atoms. The number of benzene rings is 2. The predicted molar refractivity (Wildman–Crippen MR) is 79.8 cm³/mol. The lowest BCUT2D eigenvalue weighted by Crippen LogP contribution is -1.95. The summed E-state index contributed by atoms with van der Waals surface area (Å²) in [6, 6.07) is 11.1. The van der Waals surface area contributed by atoms with Crippen LogP contribution < -0.4 is 15.8 Å². The Kier molecular flexibility index (Phi) is 3.99. The highest BCUT2D eigenvalue weighted by Gasteiger charge is 2.03. The number of nitrogen functional groups attached to an aromatic ring is 1.